The highest BCUT2D eigenvalue weighted by molar-refractivity contribution is 5.90. The lowest BCUT2D eigenvalue weighted by Gasteiger charge is -2.34. The summed E-state index contributed by atoms with van der Waals surface area (Å²) in [6.45, 7) is 10.7. The molecule has 1 aromatic rings. The van der Waals surface area contributed by atoms with Crippen molar-refractivity contribution in [1.82, 2.24) is 0 Å². The van der Waals surface area contributed by atoms with Crippen molar-refractivity contribution >= 4 is 23.8 Å². The smallest absolute Gasteiger partial charge is 0.337 e. The molecule has 2 aliphatic heterocycles. The number of carbonyl (C=O) groups excluding carboxylic acids is 3. The van der Waals surface area contributed by atoms with Crippen molar-refractivity contribution in [2.24, 2.45) is 17.3 Å². The summed E-state index contributed by atoms with van der Waals surface area (Å²) in [5.41, 5.74) is 0.324. The maximum atomic E-state index is 13.3. The zero-order chi connectivity index (χ0) is 29.1. The highest BCUT2D eigenvalue weighted by Crippen LogP contribution is 2.45. The van der Waals surface area contributed by atoms with Crippen molar-refractivity contribution in [2.45, 2.75) is 104 Å². The molecule has 8 heteroatoms. The van der Waals surface area contributed by atoms with Crippen LogP contribution in [0.1, 0.15) is 89.6 Å². The molecule has 0 spiro atoms. The third-order valence-electron chi connectivity index (χ3n) is 8.62. The first-order valence-corrected chi connectivity index (χ1v) is 13.8. The molecule has 2 heterocycles. The van der Waals surface area contributed by atoms with Crippen LogP contribution in [-0.2, 0) is 23.8 Å². The van der Waals surface area contributed by atoms with E-state index in [9.17, 15) is 24.6 Å². The fraction of sp³-hybridized carbons (Fsp3) is 0.645. The van der Waals surface area contributed by atoms with E-state index in [1.165, 1.54) is 7.11 Å². The minimum Gasteiger partial charge on any atom is -0.465 e. The Labute approximate surface area is 231 Å². The van der Waals surface area contributed by atoms with Crippen molar-refractivity contribution in [2.75, 3.05) is 7.11 Å². The number of aliphatic hydroxyl groups is 2. The normalized spacial score (nSPS) is 34.5. The Hall–Kier alpha value is -2.55. The van der Waals surface area contributed by atoms with Gasteiger partial charge in [-0.2, -0.15) is 0 Å². The average molecular weight is 545 g/mol. The minimum absolute atomic E-state index is 0.103. The van der Waals surface area contributed by atoms with Crippen LogP contribution >= 0.6 is 0 Å². The Morgan fingerprint density at radius 1 is 1.15 bits per heavy atom. The molecule has 0 amide bonds. The topological polar surface area (TPSA) is 123 Å². The molecule has 3 rings (SSSR count). The monoisotopic (exact) mass is 544 g/mol. The quantitative estimate of drug-likeness (QED) is 0.421. The van der Waals surface area contributed by atoms with Gasteiger partial charge in [0.15, 0.2) is 0 Å². The van der Waals surface area contributed by atoms with Crippen LogP contribution in [0.15, 0.2) is 29.8 Å². The van der Waals surface area contributed by atoms with Gasteiger partial charge in [-0.3, -0.25) is 9.59 Å². The molecule has 1 aromatic carbocycles. The number of rotatable bonds is 3. The number of benzene rings is 1. The number of ether oxygens (including phenoxy) is 3. The van der Waals surface area contributed by atoms with Crippen LogP contribution in [0.3, 0.4) is 0 Å². The van der Waals surface area contributed by atoms with Gasteiger partial charge in [0.1, 0.15) is 11.9 Å². The number of hydrogen-bond donors (Lipinski definition) is 2. The molecule has 8 nitrogen and oxygen atoms in total. The molecule has 216 valence electrons. The van der Waals surface area contributed by atoms with Crippen molar-refractivity contribution in [1.29, 1.82) is 0 Å². The molecule has 0 aromatic heterocycles. The summed E-state index contributed by atoms with van der Waals surface area (Å²) >= 11 is 0. The lowest BCUT2D eigenvalue weighted by Crippen LogP contribution is -2.45. The molecule has 2 N–H and O–H groups in total. The van der Waals surface area contributed by atoms with E-state index in [1.54, 1.807) is 39.0 Å². The van der Waals surface area contributed by atoms with Crippen LogP contribution < -0.4 is 0 Å². The summed E-state index contributed by atoms with van der Waals surface area (Å²) in [6.07, 6.45) is 1.42. The minimum atomic E-state index is -1.28. The molecule has 0 bridgehead atoms. The third-order valence-corrected chi connectivity index (χ3v) is 8.62. The molecule has 0 saturated carbocycles. The number of Topliss-reactive ketones (excluding diaryl/α,β-unsaturated/α-hetero) is 1. The molecule has 2 aliphatic rings. The second kappa shape index (κ2) is 12.3. The molecular formula is C31H44O8. The van der Waals surface area contributed by atoms with Gasteiger partial charge >= 0.3 is 11.9 Å². The number of hydrogen-bond acceptors (Lipinski definition) is 8. The molecule has 0 aliphatic carbocycles. The number of cyclic esters (lactones) is 1. The van der Waals surface area contributed by atoms with Gasteiger partial charge < -0.3 is 24.4 Å². The van der Waals surface area contributed by atoms with Crippen LogP contribution in [-0.4, -0.2) is 65.1 Å². The Balaban J connectivity index is 1.88. The zero-order valence-electron chi connectivity index (χ0n) is 24.2. The second-order valence-corrected chi connectivity index (χ2v) is 12.1. The van der Waals surface area contributed by atoms with E-state index in [2.05, 4.69) is 0 Å². The highest BCUT2D eigenvalue weighted by atomic mass is 16.6. The lowest BCUT2D eigenvalue weighted by atomic mass is 9.73. The van der Waals surface area contributed by atoms with Crippen molar-refractivity contribution in [3.8, 4) is 0 Å². The van der Waals surface area contributed by atoms with Crippen LogP contribution in [0.2, 0.25) is 0 Å². The largest absolute Gasteiger partial charge is 0.465 e. The predicted molar refractivity (Wildman–Crippen MR) is 147 cm³/mol. The van der Waals surface area contributed by atoms with Gasteiger partial charge in [-0.1, -0.05) is 52.3 Å². The second-order valence-electron chi connectivity index (χ2n) is 12.1. The third kappa shape index (κ3) is 7.35. The Morgan fingerprint density at radius 2 is 1.85 bits per heavy atom. The number of ketones is 1. The van der Waals surface area contributed by atoms with E-state index in [0.29, 0.717) is 12.0 Å². The Kier molecular flexibility index (Phi) is 9.78. The lowest BCUT2D eigenvalue weighted by molar-refractivity contribution is -0.154. The number of methoxy groups -OCH3 is 1. The first-order valence-electron chi connectivity index (χ1n) is 13.8. The van der Waals surface area contributed by atoms with E-state index in [4.69, 9.17) is 14.2 Å². The molecule has 0 radical (unpaired) electrons. The first-order chi connectivity index (χ1) is 18.2. The Bertz CT molecular complexity index is 1090. The number of aliphatic hydroxyl groups excluding tert-OH is 2. The molecule has 2 unspecified atom stereocenters. The predicted octanol–water partition coefficient (Wildman–Crippen LogP) is 4.50. The van der Waals surface area contributed by atoms with E-state index < -0.39 is 41.6 Å². The van der Waals surface area contributed by atoms with Crippen molar-refractivity contribution in [3.05, 3.63) is 41.0 Å². The van der Waals surface area contributed by atoms with E-state index >= 15 is 0 Å². The molecule has 39 heavy (non-hydrogen) atoms. The zero-order valence-corrected chi connectivity index (χ0v) is 24.2. The molecule has 7 atom stereocenters. The number of fused-ring (bicyclic) bond motifs is 1. The highest BCUT2D eigenvalue weighted by Gasteiger charge is 2.53. The van der Waals surface area contributed by atoms with Gasteiger partial charge in [-0.05, 0) is 55.9 Å². The van der Waals surface area contributed by atoms with E-state index in [1.807, 2.05) is 32.9 Å². The summed E-state index contributed by atoms with van der Waals surface area (Å²) in [6, 6.07) is 6.98. The standard InChI is InChI=1S/C31H44O8/c1-18-10-9-13-31(6)25(39-31)16-23(19(2)14-21-11-8-12-22(15-21)29(36)37-7)38-26(33)17-24(32)30(4,5)28(35)20(3)27(18)34/h8,11-12,14-15,18,20,23-25,27,32,34H,9-10,13,16-17H2,1-7H3/b19-14+/t18?,20-,23?,24+,25+,27+,31-/m1/s1. The molecular weight excluding hydrogens is 500 g/mol. The summed E-state index contributed by atoms with van der Waals surface area (Å²) in [5, 5.41) is 21.8. The molecule has 2 saturated heterocycles. The number of carbonyl (C=O) groups is 3. The van der Waals surface area contributed by atoms with Crippen molar-refractivity contribution < 1.29 is 38.8 Å². The first kappa shape index (κ1) is 31.0. The van der Waals surface area contributed by atoms with Gasteiger partial charge in [-0.25, -0.2) is 4.79 Å². The Morgan fingerprint density at radius 3 is 2.51 bits per heavy atom. The van der Waals surface area contributed by atoms with Crippen LogP contribution in [0.25, 0.3) is 6.08 Å². The SMILES string of the molecule is COC(=O)c1cccc(/C=C(\C)C2C[C@@H]3O[C@]3(C)CCCC(C)[C@H](O)[C@@H](C)C(=O)C(C)(C)[C@@H](O)CC(=O)O2)c1. The maximum Gasteiger partial charge on any atom is 0.337 e. The fourth-order valence-electron chi connectivity index (χ4n) is 5.52. The summed E-state index contributed by atoms with van der Waals surface area (Å²) in [4.78, 5) is 38.3. The van der Waals surface area contributed by atoms with E-state index in [0.717, 1.165) is 30.4 Å². The van der Waals surface area contributed by atoms with Crippen molar-refractivity contribution in [3.63, 3.8) is 0 Å². The van der Waals surface area contributed by atoms with Crippen LogP contribution in [0, 0.1) is 17.3 Å². The van der Waals surface area contributed by atoms with Gasteiger partial charge in [-0.15, -0.1) is 0 Å². The molecule has 2 fully saturated rings. The van der Waals surface area contributed by atoms with Crippen LogP contribution in [0.5, 0.6) is 0 Å². The summed E-state index contributed by atoms with van der Waals surface area (Å²) in [7, 11) is 1.33. The van der Waals surface area contributed by atoms with Gasteiger partial charge in [0.25, 0.3) is 0 Å². The summed E-state index contributed by atoms with van der Waals surface area (Å²) in [5.74, 6) is -2.14. The summed E-state index contributed by atoms with van der Waals surface area (Å²) < 4.78 is 16.8. The van der Waals surface area contributed by atoms with Gasteiger partial charge in [0.2, 0.25) is 0 Å². The van der Waals surface area contributed by atoms with Gasteiger partial charge in [0, 0.05) is 12.3 Å². The average Bonchev–Trinajstić information content (AvgIpc) is 3.53. The number of epoxide rings is 1. The van der Waals surface area contributed by atoms with E-state index in [-0.39, 0.29) is 29.8 Å². The van der Waals surface area contributed by atoms with Crippen LogP contribution in [0.4, 0.5) is 0 Å². The fourth-order valence-corrected chi connectivity index (χ4v) is 5.52. The maximum absolute atomic E-state index is 13.3. The van der Waals surface area contributed by atoms with Gasteiger partial charge in [0.05, 0.1) is 48.4 Å². The number of esters is 2.